The Morgan fingerprint density at radius 1 is 1.13 bits per heavy atom. The van der Waals surface area contributed by atoms with Crippen LogP contribution in [0.4, 0.5) is 10.5 Å². The van der Waals surface area contributed by atoms with Crippen molar-refractivity contribution >= 4 is 11.7 Å². The van der Waals surface area contributed by atoms with Gasteiger partial charge in [-0.1, -0.05) is 12.1 Å². The van der Waals surface area contributed by atoms with E-state index in [-0.39, 0.29) is 6.03 Å². The summed E-state index contributed by atoms with van der Waals surface area (Å²) >= 11 is 0. The zero-order valence-corrected chi connectivity index (χ0v) is 17.9. The summed E-state index contributed by atoms with van der Waals surface area (Å²) in [6.45, 7) is 3.99. The number of aromatic nitrogens is 2. The van der Waals surface area contributed by atoms with E-state index in [4.69, 9.17) is 9.47 Å². The number of benzene rings is 2. The van der Waals surface area contributed by atoms with Crippen LogP contribution in [-0.2, 0) is 0 Å². The van der Waals surface area contributed by atoms with Crippen LogP contribution in [0.3, 0.4) is 0 Å². The fourth-order valence-corrected chi connectivity index (χ4v) is 3.87. The number of nitrogens with zero attached hydrogens (tertiary/aromatic N) is 2. The zero-order chi connectivity index (χ0) is 21.6. The number of hydrogen-bond donors (Lipinski definition) is 2. The van der Waals surface area contributed by atoms with Gasteiger partial charge in [-0.2, -0.15) is 5.10 Å². The Labute approximate surface area is 182 Å². The van der Waals surface area contributed by atoms with Gasteiger partial charge in [0.15, 0.2) is 0 Å². The summed E-state index contributed by atoms with van der Waals surface area (Å²) in [5.74, 6) is 1.98. The molecule has 0 saturated carbocycles. The Hall–Kier alpha value is -3.48. The van der Waals surface area contributed by atoms with Gasteiger partial charge in [-0.3, -0.25) is 5.10 Å². The molecule has 1 aliphatic rings. The van der Waals surface area contributed by atoms with Gasteiger partial charge in [0, 0.05) is 36.0 Å². The number of carbonyl (C=O) groups excluding carboxylic acids is 1. The van der Waals surface area contributed by atoms with Crippen LogP contribution in [0.2, 0.25) is 0 Å². The van der Waals surface area contributed by atoms with Gasteiger partial charge in [0.05, 0.1) is 19.4 Å². The molecular formula is C24H28N4O3. The van der Waals surface area contributed by atoms with Gasteiger partial charge < -0.3 is 19.7 Å². The molecule has 0 atom stereocenters. The number of piperidine rings is 1. The van der Waals surface area contributed by atoms with Crippen molar-refractivity contribution in [2.24, 2.45) is 0 Å². The highest BCUT2D eigenvalue weighted by Crippen LogP contribution is 2.30. The smallest absolute Gasteiger partial charge is 0.321 e. The molecule has 162 valence electrons. The SMILES string of the molecule is CCOc1ccc(NC(=O)N2CCC(c3cc(-c4cccc(OC)c4)n[nH]3)CC2)cc1. The van der Waals surface area contributed by atoms with E-state index >= 15 is 0 Å². The second kappa shape index (κ2) is 9.55. The van der Waals surface area contributed by atoms with Gasteiger partial charge in [-0.25, -0.2) is 4.79 Å². The molecule has 1 aliphatic heterocycles. The van der Waals surface area contributed by atoms with Crippen molar-refractivity contribution in [2.45, 2.75) is 25.7 Å². The monoisotopic (exact) mass is 420 g/mol. The van der Waals surface area contributed by atoms with Crippen LogP contribution in [0.1, 0.15) is 31.4 Å². The summed E-state index contributed by atoms with van der Waals surface area (Å²) in [6.07, 6.45) is 1.80. The molecule has 2 aromatic carbocycles. The first-order valence-electron chi connectivity index (χ1n) is 10.6. The summed E-state index contributed by atoms with van der Waals surface area (Å²) < 4.78 is 10.7. The number of urea groups is 1. The maximum Gasteiger partial charge on any atom is 0.321 e. The molecule has 0 unspecified atom stereocenters. The number of aromatic amines is 1. The van der Waals surface area contributed by atoms with Crippen molar-refractivity contribution in [3.8, 4) is 22.8 Å². The predicted octanol–water partition coefficient (Wildman–Crippen LogP) is 4.90. The maximum absolute atomic E-state index is 12.6. The average Bonchev–Trinajstić information content (AvgIpc) is 3.31. The van der Waals surface area contributed by atoms with Crippen molar-refractivity contribution in [1.29, 1.82) is 0 Å². The lowest BCUT2D eigenvalue weighted by molar-refractivity contribution is 0.194. The Balaban J connectivity index is 1.32. The van der Waals surface area contributed by atoms with Crippen molar-refractivity contribution in [2.75, 3.05) is 32.1 Å². The minimum atomic E-state index is -0.0655. The van der Waals surface area contributed by atoms with Gasteiger partial charge in [0.1, 0.15) is 11.5 Å². The fourth-order valence-electron chi connectivity index (χ4n) is 3.87. The highest BCUT2D eigenvalue weighted by Gasteiger charge is 2.25. The first-order valence-corrected chi connectivity index (χ1v) is 10.6. The van der Waals surface area contributed by atoms with Crippen LogP contribution in [-0.4, -0.2) is 47.9 Å². The summed E-state index contributed by atoms with van der Waals surface area (Å²) in [5, 5.41) is 10.6. The van der Waals surface area contributed by atoms with Crippen molar-refractivity contribution < 1.29 is 14.3 Å². The van der Waals surface area contributed by atoms with Crippen LogP contribution < -0.4 is 14.8 Å². The van der Waals surface area contributed by atoms with E-state index in [1.165, 1.54) is 0 Å². The van der Waals surface area contributed by atoms with Crippen molar-refractivity contribution in [3.63, 3.8) is 0 Å². The number of amides is 2. The molecule has 0 radical (unpaired) electrons. The molecule has 4 rings (SSSR count). The van der Waals surface area contributed by atoms with E-state index < -0.39 is 0 Å². The number of hydrogen-bond acceptors (Lipinski definition) is 4. The Morgan fingerprint density at radius 2 is 1.90 bits per heavy atom. The number of ether oxygens (including phenoxy) is 2. The molecule has 0 aliphatic carbocycles. The number of rotatable bonds is 6. The van der Waals surface area contributed by atoms with E-state index in [0.717, 1.165) is 47.0 Å². The summed E-state index contributed by atoms with van der Waals surface area (Å²) in [7, 11) is 1.66. The third kappa shape index (κ3) is 4.99. The summed E-state index contributed by atoms with van der Waals surface area (Å²) in [5.41, 5.74) is 3.81. The lowest BCUT2D eigenvalue weighted by Gasteiger charge is -2.31. The third-order valence-corrected chi connectivity index (χ3v) is 5.60. The maximum atomic E-state index is 12.6. The topological polar surface area (TPSA) is 79.5 Å². The van der Waals surface area contributed by atoms with Crippen LogP contribution in [0, 0.1) is 0 Å². The van der Waals surface area contributed by atoms with Crippen LogP contribution in [0.25, 0.3) is 11.3 Å². The molecule has 1 fully saturated rings. The van der Waals surface area contributed by atoms with Crippen LogP contribution >= 0.6 is 0 Å². The summed E-state index contributed by atoms with van der Waals surface area (Å²) in [4.78, 5) is 14.5. The highest BCUT2D eigenvalue weighted by molar-refractivity contribution is 5.89. The van der Waals surface area contributed by atoms with E-state index in [0.29, 0.717) is 25.6 Å². The van der Waals surface area contributed by atoms with E-state index in [9.17, 15) is 4.79 Å². The quantitative estimate of drug-likeness (QED) is 0.595. The highest BCUT2D eigenvalue weighted by atomic mass is 16.5. The second-order valence-corrected chi connectivity index (χ2v) is 7.59. The van der Waals surface area contributed by atoms with Crippen molar-refractivity contribution in [1.82, 2.24) is 15.1 Å². The molecule has 1 saturated heterocycles. The van der Waals surface area contributed by atoms with Gasteiger partial charge in [0.2, 0.25) is 0 Å². The molecule has 0 bridgehead atoms. The lowest BCUT2D eigenvalue weighted by Crippen LogP contribution is -2.40. The van der Waals surface area contributed by atoms with Gasteiger partial charge in [-0.15, -0.1) is 0 Å². The standard InChI is InChI=1S/C24H28N4O3/c1-3-31-20-9-7-19(8-10-20)25-24(29)28-13-11-17(12-14-28)22-16-23(27-26-22)18-5-4-6-21(15-18)30-2/h4-10,15-17H,3,11-14H2,1-2H3,(H,25,29)(H,26,27). The number of carbonyl (C=O) groups is 1. The molecule has 0 spiro atoms. The number of nitrogens with one attached hydrogen (secondary N) is 2. The van der Waals surface area contributed by atoms with Gasteiger partial charge >= 0.3 is 6.03 Å². The number of H-pyrrole nitrogens is 1. The molecule has 2 heterocycles. The normalized spacial score (nSPS) is 14.3. The fraction of sp³-hybridized carbons (Fsp3) is 0.333. The zero-order valence-electron chi connectivity index (χ0n) is 17.9. The third-order valence-electron chi connectivity index (χ3n) is 5.60. The van der Waals surface area contributed by atoms with E-state index in [1.807, 2.05) is 60.4 Å². The number of anilines is 1. The number of likely N-dealkylation sites (tertiary alicyclic amines) is 1. The van der Waals surface area contributed by atoms with Crippen molar-refractivity contribution in [3.05, 3.63) is 60.3 Å². The van der Waals surface area contributed by atoms with E-state index in [2.05, 4.69) is 21.6 Å². The number of methoxy groups -OCH3 is 1. The largest absolute Gasteiger partial charge is 0.497 e. The first kappa shape index (κ1) is 20.8. The molecular weight excluding hydrogens is 392 g/mol. The Kier molecular flexibility index (Phi) is 6.40. The molecule has 3 aromatic rings. The Bertz CT molecular complexity index is 1010. The lowest BCUT2D eigenvalue weighted by atomic mass is 9.93. The molecule has 2 N–H and O–H groups in total. The summed E-state index contributed by atoms with van der Waals surface area (Å²) in [6, 6.07) is 17.4. The van der Waals surface area contributed by atoms with Crippen LogP contribution in [0.15, 0.2) is 54.6 Å². The minimum absolute atomic E-state index is 0.0655. The predicted molar refractivity (Wildman–Crippen MR) is 121 cm³/mol. The molecule has 7 heteroatoms. The molecule has 7 nitrogen and oxygen atoms in total. The molecule has 2 amide bonds. The van der Waals surface area contributed by atoms with Gasteiger partial charge in [-0.05, 0) is 62.2 Å². The van der Waals surface area contributed by atoms with E-state index in [1.54, 1.807) is 7.11 Å². The Morgan fingerprint density at radius 3 is 2.61 bits per heavy atom. The van der Waals surface area contributed by atoms with Crippen LogP contribution in [0.5, 0.6) is 11.5 Å². The minimum Gasteiger partial charge on any atom is -0.497 e. The average molecular weight is 421 g/mol. The second-order valence-electron chi connectivity index (χ2n) is 7.59. The molecule has 1 aromatic heterocycles. The molecule has 31 heavy (non-hydrogen) atoms. The van der Waals surface area contributed by atoms with Gasteiger partial charge in [0.25, 0.3) is 0 Å². The first-order chi connectivity index (χ1) is 15.2.